The average molecular weight is 361 g/mol. The Morgan fingerprint density at radius 1 is 1.19 bits per heavy atom. The SMILES string of the molecule is CCc1ccc(NC(=O)CN2C(=O)[C@@H]3CCCC3=Nc3ccccc32)cc1. The van der Waals surface area contributed by atoms with E-state index in [9.17, 15) is 9.59 Å². The first-order valence-electron chi connectivity index (χ1n) is 9.52. The fourth-order valence-corrected chi connectivity index (χ4v) is 3.81. The number of nitrogens with zero attached hydrogens (tertiary/aromatic N) is 2. The number of aliphatic imine (C=N–C) groups is 1. The van der Waals surface area contributed by atoms with Crippen molar-refractivity contribution in [2.45, 2.75) is 32.6 Å². The number of aryl methyl sites for hydroxylation is 1. The first kappa shape index (κ1) is 17.5. The molecule has 138 valence electrons. The third-order valence-corrected chi connectivity index (χ3v) is 5.28. The summed E-state index contributed by atoms with van der Waals surface area (Å²) < 4.78 is 0. The van der Waals surface area contributed by atoms with Crippen molar-refractivity contribution in [2.24, 2.45) is 10.9 Å². The number of rotatable bonds is 4. The van der Waals surface area contributed by atoms with E-state index in [0.29, 0.717) is 5.69 Å². The molecule has 2 aromatic carbocycles. The van der Waals surface area contributed by atoms with E-state index in [2.05, 4.69) is 12.2 Å². The van der Waals surface area contributed by atoms with Gasteiger partial charge in [0.2, 0.25) is 11.8 Å². The average Bonchev–Trinajstić information content (AvgIpc) is 3.11. The van der Waals surface area contributed by atoms with E-state index < -0.39 is 0 Å². The third-order valence-electron chi connectivity index (χ3n) is 5.28. The molecule has 0 bridgehead atoms. The van der Waals surface area contributed by atoms with Gasteiger partial charge in [0.25, 0.3) is 0 Å². The third kappa shape index (κ3) is 3.50. The van der Waals surface area contributed by atoms with E-state index in [4.69, 9.17) is 4.99 Å². The van der Waals surface area contributed by atoms with Gasteiger partial charge in [-0.1, -0.05) is 31.2 Å². The molecule has 0 radical (unpaired) electrons. The highest BCUT2D eigenvalue weighted by Gasteiger charge is 2.36. The Balaban J connectivity index is 1.56. The van der Waals surface area contributed by atoms with Gasteiger partial charge in [-0.2, -0.15) is 0 Å². The van der Waals surface area contributed by atoms with Gasteiger partial charge in [-0.3, -0.25) is 14.6 Å². The lowest BCUT2D eigenvalue weighted by atomic mass is 10.1. The number of nitrogens with one attached hydrogen (secondary N) is 1. The molecule has 5 heteroatoms. The van der Waals surface area contributed by atoms with E-state index in [1.807, 2.05) is 48.5 Å². The number of carbonyl (C=O) groups excluding carboxylic acids is 2. The maximum Gasteiger partial charge on any atom is 0.244 e. The molecule has 0 unspecified atom stereocenters. The molecular formula is C22H23N3O2. The summed E-state index contributed by atoms with van der Waals surface area (Å²) in [6, 6.07) is 15.4. The predicted molar refractivity (Wildman–Crippen MR) is 108 cm³/mol. The van der Waals surface area contributed by atoms with Crippen LogP contribution >= 0.6 is 0 Å². The number of anilines is 2. The predicted octanol–water partition coefficient (Wildman–Crippen LogP) is 4.11. The number of carbonyl (C=O) groups is 2. The van der Waals surface area contributed by atoms with E-state index in [1.54, 1.807) is 4.90 Å². The molecule has 1 saturated carbocycles. The number of para-hydroxylation sites is 2. The fourth-order valence-electron chi connectivity index (χ4n) is 3.81. The summed E-state index contributed by atoms with van der Waals surface area (Å²) in [4.78, 5) is 32.1. The zero-order valence-electron chi connectivity index (χ0n) is 15.4. The van der Waals surface area contributed by atoms with Crippen LogP contribution in [0.5, 0.6) is 0 Å². The Morgan fingerprint density at radius 3 is 2.74 bits per heavy atom. The van der Waals surface area contributed by atoms with Crippen molar-refractivity contribution in [3.63, 3.8) is 0 Å². The molecule has 27 heavy (non-hydrogen) atoms. The van der Waals surface area contributed by atoms with Crippen LogP contribution in [0.25, 0.3) is 0 Å². The summed E-state index contributed by atoms with van der Waals surface area (Å²) in [5.74, 6) is -0.425. The van der Waals surface area contributed by atoms with Gasteiger partial charge in [0.1, 0.15) is 6.54 Å². The Kier molecular flexibility index (Phi) is 4.75. The molecular weight excluding hydrogens is 338 g/mol. The van der Waals surface area contributed by atoms with Crippen LogP contribution < -0.4 is 10.2 Å². The molecule has 2 amide bonds. The van der Waals surface area contributed by atoms with Crippen molar-refractivity contribution in [1.29, 1.82) is 0 Å². The van der Waals surface area contributed by atoms with Gasteiger partial charge in [0, 0.05) is 11.4 Å². The largest absolute Gasteiger partial charge is 0.325 e. The van der Waals surface area contributed by atoms with Crippen LogP contribution in [0.1, 0.15) is 31.7 Å². The highest BCUT2D eigenvalue weighted by Crippen LogP contribution is 2.37. The monoisotopic (exact) mass is 361 g/mol. The summed E-state index contributed by atoms with van der Waals surface area (Å²) in [6.45, 7) is 2.08. The Labute approximate surface area is 159 Å². The van der Waals surface area contributed by atoms with Gasteiger partial charge in [-0.05, 0) is 55.5 Å². The second-order valence-corrected chi connectivity index (χ2v) is 7.06. The Hall–Kier alpha value is -2.95. The van der Waals surface area contributed by atoms with E-state index in [0.717, 1.165) is 42.8 Å². The molecule has 1 fully saturated rings. The highest BCUT2D eigenvalue weighted by molar-refractivity contribution is 6.16. The van der Waals surface area contributed by atoms with Crippen LogP contribution in [0.2, 0.25) is 0 Å². The minimum Gasteiger partial charge on any atom is -0.325 e. The van der Waals surface area contributed by atoms with Crippen molar-refractivity contribution in [3.05, 3.63) is 54.1 Å². The molecule has 0 aromatic heterocycles. The fraction of sp³-hybridized carbons (Fsp3) is 0.318. The number of hydrogen-bond donors (Lipinski definition) is 1. The van der Waals surface area contributed by atoms with E-state index in [1.165, 1.54) is 5.56 Å². The highest BCUT2D eigenvalue weighted by atomic mass is 16.2. The molecule has 2 aliphatic rings. The smallest absolute Gasteiger partial charge is 0.244 e. The topological polar surface area (TPSA) is 61.8 Å². The first-order valence-corrected chi connectivity index (χ1v) is 9.52. The lowest BCUT2D eigenvalue weighted by Gasteiger charge is -2.24. The molecule has 5 nitrogen and oxygen atoms in total. The maximum absolute atomic E-state index is 13.1. The van der Waals surface area contributed by atoms with Crippen molar-refractivity contribution < 1.29 is 9.59 Å². The van der Waals surface area contributed by atoms with Gasteiger partial charge in [-0.15, -0.1) is 0 Å². The number of benzene rings is 2. The lowest BCUT2D eigenvalue weighted by Crippen LogP contribution is -2.41. The lowest BCUT2D eigenvalue weighted by molar-refractivity contribution is -0.122. The molecule has 1 aliphatic carbocycles. The summed E-state index contributed by atoms with van der Waals surface area (Å²) in [7, 11) is 0. The van der Waals surface area contributed by atoms with Crippen LogP contribution in [0, 0.1) is 5.92 Å². The molecule has 1 N–H and O–H groups in total. The summed E-state index contributed by atoms with van der Waals surface area (Å²) in [5, 5.41) is 2.90. The van der Waals surface area contributed by atoms with Crippen LogP contribution in [0.3, 0.4) is 0 Å². The minimum atomic E-state index is -0.205. The van der Waals surface area contributed by atoms with Gasteiger partial charge in [0.05, 0.1) is 17.3 Å². The van der Waals surface area contributed by atoms with Gasteiger partial charge in [-0.25, -0.2) is 0 Å². The van der Waals surface area contributed by atoms with Crippen LogP contribution in [-0.2, 0) is 16.0 Å². The Bertz CT molecular complexity index is 902. The number of fused-ring (bicyclic) bond motifs is 2. The second-order valence-electron chi connectivity index (χ2n) is 7.06. The van der Waals surface area contributed by atoms with Crippen molar-refractivity contribution in [2.75, 3.05) is 16.8 Å². The van der Waals surface area contributed by atoms with Gasteiger partial charge < -0.3 is 10.2 Å². The molecule has 2 aromatic rings. The van der Waals surface area contributed by atoms with E-state index >= 15 is 0 Å². The van der Waals surface area contributed by atoms with Crippen molar-refractivity contribution in [3.8, 4) is 0 Å². The van der Waals surface area contributed by atoms with Crippen LogP contribution in [-0.4, -0.2) is 24.1 Å². The molecule has 4 rings (SSSR count). The van der Waals surface area contributed by atoms with Crippen molar-refractivity contribution >= 4 is 34.6 Å². The second kappa shape index (κ2) is 7.35. The molecule has 0 saturated heterocycles. The van der Waals surface area contributed by atoms with Gasteiger partial charge in [0.15, 0.2) is 0 Å². The summed E-state index contributed by atoms with van der Waals surface area (Å²) in [5.41, 5.74) is 4.39. The number of hydrogen-bond acceptors (Lipinski definition) is 3. The van der Waals surface area contributed by atoms with Crippen LogP contribution in [0.4, 0.5) is 17.1 Å². The maximum atomic E-state index is 13.1. The molecule has 1 atom stereocenters. The molecule has 1 heterocycles. The van der Waals surface area contributed by atoms with E-state index in [-0.39, 0.29) is 24.3 Å². The Morgan fingerprint density at radius 2 is 1.96 bits per heavy atom. The summed E-state index contributed by atoms with van der Waals surface area (Å²) in [6.07, 6.45) is 3.59. The molecule has 1 aliphatic heterocycles. The normalized spacial score (nSPS) is 18.4. The van der Waals surface area contributed by atoms with Crippen molar-refractivity contribution in [1.82, 2.24) is 0 Å². The zero-order valence-corrected chi connectivity index (χ0v) is 15.4. The molecule has 0 spiro atoms. The zero-order chi connectivity index (χ0) is 18.8. The minimum absolute atomic E-state index is 0.00925. The van der Waals surface area contributed by atoms with Crippen LogP contribution in [0.15, 0.2) is 53.5 Å². The standard InChI is InChI=1S/C22H23N3O2/c1-2-15-10-12-16(13-11-15)23-21(26)14-25-20-9-4-3-7-19(20)24-18-8-5-6-17(18)22(25)27/h3-4,7,9-13,17H,2,5-6,8,14H2,1H3,(H,23,26)/t17-/m1/s1. The summed E-state index contributed by atoms with van der Waals surface area (Å²) >= 11 is 0. The first-order chi connectivity index (χ1) is 13.2. The quantitative estimate of drug-likeness (QED) is 0.891. The van der Waals surface area contributed by atoms with Gasteiger partial charge >= 0.3 is 0 Å². The number of amides is 2.